The molecule has 1 amide bonds. The molecule has 1 N–H and O–H groups in total. The van der Waals surface area contributed by atoms with E-state index in [1.807, 2.05) is 0 Å². The van der Waals surface area contributed by atoms with Gasteiger partial charge in [-0.1, -0.05) is 12.1 Å². The SMILES string of the molecule is O=C(CNC(=O)c1ccccc1F)O[C@@H]1CCOC1=O. The van der Waals surface area contributed by atoms with Crippen molar-refractivity contribution in [3.8, 4) is 0 Å². The molecule has 1 aliphatic heterocycles. The van der Waals surface area contributed by atoms with Crippen molar-refractivity contribution < 1.29 is 28.2 Å². The van der Waals surface area contributed by atoms with E-state index < -0.39 is 36.3 Å². The number of cyclic esters (lactones) is 1. The van der Waals surface area contributed by atoms with Crippen LogP contribution in [0.2, 0.25) is 0 Å². The molecule has 106 valence electrons. The molecule has 1 atom stereocenters. The summed E-state index contributed by atoms with van der Waals surface area (Å²) in [5.41, 5.74) is -0.166. The van der Waals surface area contributed by atoms with Gasteiger partial charge in [0, 0.05) is 6.42 Å². The number of halogens is 1. The van der Waals surface area contributed by atoms with E-state index in [0.29, 0.717) is 6.42 Å². The largest absolute Gasteiger partial charge is 0.463 e. The third-order valence-electron chi connectivity index (χ3n) is 2.67. The number of carbonyl (C=O) groups is 3. The summed E-state index contributed by atoms with van der Waals surface area (Å²) in [7, 11) is 0. The Kier molecular flexibility index (Phi) is 4.29. The molecule has 1 fully saturated rings. The van der Waals surface area contributed by atoms with Crippen molar-refractivity contribution in [2.24, 2.45) is 0 Å². The number of hydrogen-bond donors (Lipinski definition) is 1. The van der Waals surface area contributed by atoms with Gasteiger partial charge in [-0.05, 0) is 12.1 Å². The number of hydrogen-bond acceptors (Lipinski definition) is 5. The van der Waals surface area contributed by atoms with Crippen molar-refractivity contribution in [3.63, 3.8) is 0 Å². The number of esters is 2. The second kappa shape index (κ2) is 6.14. The molecule has 0 aliphatic carbocycles. The van der Waals surface area contributed by atoms with Gasteiger partial charge in [0.1, 0.15) is 12.4 Å². The van der Waals surface area contributed by atoms with E-state index in [-0.39, 0.29) is 12.2 Å². The molecule has 0 aromatic heterocycles. The fourth-order valence-corrected chi connectivity index (χ4v) is 1.68. The molecular formula is C13H12FNO5. The van der Waals surface area contributed by atoms with Crippen molar-refractivity contribution >= 4 is 17.8 Å². The third kappa shape index (κ3) is 3.31. The summed E-state index contributed by atoms with van der Waals surface area (Å²) in [5.74, 6) is -2.79. The molecule has 0 saturated carbocycles. The molecule has 1 aliphatic rings. The lowest BCUT2D eigenvalue weighted by molar-refractivity contribution is -0.159. The van der Waals surface area contributed by atoms with Crippen LogP contribution in [0.1, 0.15) is 16.8 Å². The van der Waals surface area contributed by atoms with Crippen LogP contribution in [0, 0.1) is 5.82 Å². The molecule has 1 heterocycles. The van der Waals surface area contributed by atoms with E-state index in [9.17, 15) is 18.8 Å². The van der Waals surface area contributed by atoms with Crippen molar-refractivity contribution in [2.45, 2.75) is 12.5 Å². The molecular weight excluding hydrogens is 269 g/mol. The van der Waals surface area contributed by atoms with Gasteiger partial charge >= 0.3 is 11.9 Å². The van der Waals surface area contributed by atoms with Gasteiger partial charge < -0.3 is 14.8 Å². The average molecular weight is 281 g/mol. The maximum Gasteiger partial charge on any atom is 0.347 e. The van der Waals surface area contributed by atoms with Gasteiger partial charge in [-0.25, -0.2) is 9.18 Å². The highest BCUT2D eigenvalue weighted by Gasteiger charge is 2.30. The highest BCUT2D eigenvalue weighted by atomic mass is 19.1. The predicted octanol–water partition coefficient (Wildman–Crippen LogP) is 0.414. The smallest absolute Gasteiger partial charge is 0.347 e. The Bertz CT molecular complexity index is 545. The number of amides is 1. The number of benzene rings is 1. The Morgan fingerprint density at radius 1 is 1.40 bits per heavy atom. The first-order chi connectivity index (χ1) is 9.58. The lowest BCUT2D eigenvalue weighted by atomic mass is 10.2. The van der Waals surface area contributed by atoms with E-state index in [1.165, 1.54) is 18.2 Å². The Morgan fingerprint density at radius 3 is 2.80 bits per heavy atom. The molecule has 0 unspecified atom stereocenters. The van der Waals surface area contributed by atoms with Crippen molar-refractivity contribution in [1.82, 2.24) is 5.32 Å². The minimum Gasteiger partial charge on any atom is -0.463 e. The lowest BCUT2D eigenvalue weighted by Crippen LogP contribution is -2.34. The summed E-state index contributed by atoms with van der Waals surface area (Å²) in [6.45, 7) is -0.241. The average Bonchev–Trinajstić information content (AvgIpc) is 2.82. The first-order valence-corrected chi connectivity index (χ1v) is 5.97. The van der Waals surface area contributed by atoms with E-state index in [4.69, 9.17) is 4.74 Å². The van der Waals surface area contributed by atoms with Crippen LogP contribution in [0.15, 0.2) is 24.3 Å². The molecule has 6 nitrogen and oxygen atoms in total. The maximum atomic E-state index is 13.3. The van der Waals surface area contributed by atoms with Gasteiger partial charge in [-0.15, -0.1) is 0 Å². The van der Waals surface area contributed by atoms with Crippen LogP contribution in [0.5, 0.6) is 0 Å². The highest BCUT2D eigenvalue weighted by molar-refractivity contribution is 5.96. The molecule has 0 radical (unpaired) electrons. The Hall–Kier alpha value is -2.44. The first-order valence-electron chi connectivity index (χ1n) is 5.97. The van der Waals surface area contributed by atoms with E-state index in [1.54, 1.807) is 0 Å². The van der Waals surface area contributed by atoms with E-state index >= 15 is 0 Å². The maximum absolute atomic E-state index is 13.3. The van der Waals surface area contributed by atoms with Crippen LogP contribution in [-0.4, -0.2) is 37.1 Å². The minimum atomic E-state index is -0.923. The predicted molar refractivity (Wildman–Crippen MR) is 64.2 cm³/mol. The summed E-state index contributed by atoms with van der Waals surface area (Å²) >= 11 is 0. The summed E-state index contributed by atoms with van der Waals surface area (Å²) < 4.78 is 22.7. The van der Waals surface area contributed by atoms with Crippen molar-refractivity contribution in [1.29, 1.82) is 0 Å². The summed E-state index contributed by atoms with van der Waals surface area (Å²) in [6.07, 6.45) is -0.626. The zero-order valence-corrected chi connectivity index (χ0v) is 10.4. The third-order valence-corrected chi connectivity index (χ3v) is 2.67. The van der Waals surface area contributed by atoms with E-state index in [2.05, 4.69) is 10.1 Å². The zero-order chi connectivity index (χ0) is 14.5. The quantitative estimate of drug-likeness (QED) is 0.809. The topological polar surface area (TPSA) is 81.7 Å². The normalized spacial score (nSPS) is 17.4. The van der Waals surface area contributed by atoms with Gasteiger partial charge in [0.2, 0.25) is 6.10 Å². The number of ether oxygens (including phenoxy) is 2. The standard InChI is InChI=1S/C13H12FNO5/c14-9-4-2-1-3-8(9)12(17)15-7-11(16)20-10-5-6-19-13(10)18/h1-4,10H,5-7H2,(H,15,17)/t10-/m1/s1. The first kappa shape index (κ1) is 14.0. The van der Waals surface area contributed by atoms with Gasteiger partial charge in [0.15, 0.2) is 0 Å². The van der Waals surface area contributed by atoms with Gasteiger partial charge in [0.05, 0.1) is 12.2 Å². The van der Waals surface area contributed by atoms with Crippen LogP contribution < -0.4 is 5.32 Å². The molecule has 7 heteroatoms. The lowest BCUT2D eigenvalue weighted by Gasteiger charge is -2.09. The van der Waals surface area contributed by atoms with Crippen LogP contribution in [0.25, 0.3) is 0 Å². The van der Waals surface area contributed by atoms with Crippen LogP contribution >= 0.6 is 0 Å². The van der Waals surface area contributed by atoms with Crippen LogP contribution in [0.3, 0.4) is 0 Å². The van der Waals surface area contributed by atoms with Crippen LogP contribution in [-0.2, 0) is 19.1 Å². The van der Waals surface area contributed by atoms with Crippen molar-refractivity contribution in [3.05, 3.63) is 35.6 Å². The second-order valence-electron chi connectivity index (χ2n) is 4.10. The minimum absolute atomic E-state index is 0.166. The van der Waals surface area contributed by atoms with Crippen LogP contribution in [0.4, 0.5) is 4.39 Å². The summed E-state index contributed by atoms with van der Waals surface area (Å²) in [5, 5.41) is 2.22. The Labute approximate surface area is 113 Å². The second-order valence-corrected chi connectivity index (χ2v) is 4.10. The zero-order valence-electron chi connectivity index (χ0n) is 10.4. The monoisotopic (exact) mass is 281 g/mol. The molecule has 20 heavy (non-hydrogen) atoms. The van der Waals surface area contributed by atoms with E-state index in [0.717, 1.165) is 6.07 Å². The molecule has 1 aromatic rings. The number of rotatable bonds is 4. The molecule has 0 spiro atoms. The fraction of sp³-hybridized carbons (Fsp3) is 0.308. The summed E-state index contributed by atoms with van der Waals surface area (Å²) in [4.78, 5) is 34.1. The molecule has 1 saturated heterocycles. The Morgan fingerprint density at radius 2 is 2.15 bits per heavy atom. The summed E-state index contributed by atoms with van der Waals surface area (Å²) in [6, 6.07) is 5.39. The van der Waals surface area contributed by atoms with Gasteiger partial charge in [-0.2, -0.15) is 0 Å². The van der Waals surface area contributed by atoms with Gasteiger partial charge in [0.25, 0.3) is 5.91 Å². The highest BCUT2D eigenvalue weighted by Crippen LogP contribution is 2.10. The Balaban J connectivity index is 1.83. The molecule has 2 rings (SSSR count). The van der Waals surface area contributed by atoms with Gasteiger partial charge in [-0.3, -0.25) is 9.59 Å². The molecule has 1 aromatic carbocycles. The van der Waals surface area contributed by atoms with Crippen molar-refractivity contribution in [2.75, 3.05) is 13.2 Å². The molecule has 0 bridgehead atoms. The number of carbonyl (C=O) groups excluding carboxylic acids is 3. The fourth-order valence-electron chi connectivity index (χ4n) is 1.68. The number of nitrogens with one attached hydrogen (secondary N) is 1.